The zero-order chi connectivity index (χ0) is 14.5. The van der Waals surface area contributed by atoms with Crippen molar-refractivity contribution in [3.05, 3.63) is 36.2 Å². The van der Waals surface area contributed by atoms with E-state index in [9.17, 15) is 0 Å². The SMILES string of the molecule is NC(=NCc1cnn2ccccc12)NC1CCCCCC1. The van der Waals surface area contributed by atoms with Crippen LogP contribution in [0.2, 0.25) is 0 Å². The Morgan fingerprint density at radius 1 is 1.29 bits per heavy atom. The van der Waals surface area contributed by atoms with Gasteiger partial charge in [0.25, 0.3) is 0 Å². The normalized spacial score (nSPS) is 17.8. The first-order valence-corrected chi connectivity index (χ1v) is 7.80. The van der Waals surface area contributed by atoms with Crippen molar-refractivity contribution in [3.63, 3.8) is 0 Å². The van der Waals surface area contributed by atoms with Gasteiger partial charge in [0.15, 0.2) is 5.96 Å². The second-order valence-electron chi connectivity index (χ2n) is 5.73. The molecule has 5 heteroatoms. The van der Waals surface area contributed by atoms with E-state index in [1.165, 1.54) is 38.5 Å². The number of nitrogens with zero attached hydrogens (tertiary/aromatic N) is 3. The van der Waals surface area contributed by atoms with Crippen LogP contribution in [0.3, 0.4) is 0 Å². The Labute approximate surface area is 125 Å². The molecular formula is C16H23N5. The van der Waals surface area contributed by atoms with Gasteiger partial charge in [0.2, 0.25) is 0 Å². The number of aliphatic imine (C=N–C) groups is 1. The fourth-order valence-corrected chi connectivity index (χ4v) is 2.96. The molecule has 21 heavy (non-hydrogen) atoms. The molecule has 0 aliphatic heterocycles. The molecule has 0 atom stereocenters. The lowest BCUT2D eigenvalue weighted by molar-refractivity contribution is 0.530. The van der Waals surface area contributed by atoms with Gasteiger partial charge in [-0.05, 0) is 25.0 Å². The first-order chi connectivity index (χ1) is 10.3. The van der Waals surface area contributed by atoms with E-state index < -0.39 is 0 Å². The molecule has 2 heterocycles. The van der Waals surface area contributed by atoms with Crippen molar-refractivity contribution < 1.29 is 0 Å². The second kappa shape index (κ2) is 6.61. The molecule has 1 aliphatic rings. The largest absolute Gasteiger partial charge is 0.370 e. The lowest BCUT2D eigenvalue weighted by atomic mass is 10.1. The van der Waals surface area contributed by atoms with Gasteiger partial charge in [-0.1, -0.05) is 31.7 Å². The smallest absolute Gasteiger partial charge is 0.189 e. The van der Waals surface area contributed by atoms with Crippen LogP contribution in [-0.4, -0.2) is 21.6 Å². The molecule has 0 aromatic carbocycles. The highest BCUT2D eigenvalue weighted by molar-refractivity contribution is 5.78. The van der Waals surface area contributed by atoms with E-state index >= 15 is 0 Å². The van der Waals surface area contributed by atoms with Crippen LogP contribution in [0, 0.1) is 0 Å². The van der Waals surface area contributed by atoms with Gasteiger partial charge in [-0.25, -0.2) is 9.51 Å². The molecule has 3 rings (SSSR count). The molecule has 112 valence electrons. The molecule has 2 aromatic heterocycles. The van der Waals surface area contributed by atoms with E-state index in [1.54, 1.807) is 0 Å². The zero-order valence-electron chi connectivity index (χ0n) is 12.3. The van der Waals surface area contributed by atoms with E-state index in [-0.39, 0.29) is 0 Å². The number of aromatic nitrogens is 2. The van der Waals surface area contributed by atoms with Crippen molar-refractivity contribution in [1.29, 1.82) is 0 Å². The highest BCUT2D eigenvalue weighted by Gasteiger charge is 2.12. The number of guanidine groups is 1. The molecule has 3 N–H and O–H groups in total. The van der Waals surface area contributed by atoms with Gasteiger partial charge in [0.1, 0.15) is 0 Å². The van der Waals surface area contributed by atoms with Gasteiger partial charge in [-0.3, -0.25) is 0 Å². The number of hydrogen-bond donors (Lipinski definition) is 2. The summed E-state index contributed by atoms with van der Waals surface area (Å²) in [4.78, 5) is 4.47. The fraction of sp³-hybridized carbons (Fsp3) is 0.500. The summed E-state index contributed by atoms with van der Waals surface area (Å²) in [6.45, 7) is 0.569. The van der Waals surface area contributed by atoms with Crippen molar-refractivity contribution in [2.45, 2.75) is 51.1 Å². The predicted octanol–water partition coefficient (Wildman–Crippen LogP) is 2.46. The number of fused-ring (bicyclic) bond motifs is 1. The monoisotopic (exact) mass is 285 g/mol. The van der Waals surface area contributed by atoms with Gasteiger partial charge in [-0.2, -0.15) is 5.10 Å². The van der Waals surface area contributed by atoms with Crippen molar-refractivity contribution in [2.75, 3.05) is 0 Å². The van der Waals surface area contributed by atoms with E-state index in [2.05, 4.69) is 15.4 Å². The minimum Gasteiger partial charge on any atom is -0.370 e. The van der Waals surface area contributed by atoms with E-state index in [1.807, 2.05) is 35.1 Å². The van der Waals surface area contributed by atoms with Gasteiger partial charge in [0.05, 0.1) is 18.3 Å². The third-order valence-corrected chi connectivity index (χ3v) is 4.13. The average Bonchev–Trinajstić information content (AvgIpc) is 2.74. The third kappa shape index (κ3) is 3.54. The molecule has 0 spiro atoms. The Balaban J connectivity index is 1.62. The molecule has 0 bridgehead atoms. The average molecular weight is 285 g/mol. The van der Waals surface area contributed by atoms with Crippen LogP contribution in [0.5, 0.6) is 0 Å². The fourth-order valence-electron chi connectivity index (χ4n) is 2.96. The molecule has 1 fully saturated rings. The second-order valence-corrected chi connectivity index (χ2v) is 5.73. The van der Waals surface area contributed by atoms with Crippen LogP contribution >= 0.6 is 0 Å². The molecule has 0 saturated heterocycles. The minimum absolute atomic E-state index is 0.486. The van der Waals surface area contributed by atoms with Crippen LogP contribution in [0.4, 0.5) is 0 Å². The summed E-state index contributed by atoms with van der Waals surface area (Å²) in [5.74, 6) is 0.553. The maximum Gasteiger partial charge on any atom is 0.189 e. The molecular weight excluding hydrogens is 262 g/mol. The van der Waals surface area contributed by atoms with Crippen molar-refractivity contribution in [1.82, 2.24) is 14.9 Å². The number of hydrogen-bond acceptors (Lipinski definition) is 2. The summed E-state index contributed by atoms with van der Waals surface area (Å²) in [5, 5.41) is 7.68. The Hall–Kier alpha value is -2.04. The molecule has 0 amide bonds. The van der Waals surface area contributed by atoms with Crippen LogP contribution < -0.4 is 11.1 Å². The number of nitrogens with one attached hydrogen (secondary N) is 1. The molecule has 0 radical (unpaired) electrons. The van der Waals surface area contributed by atoms with Crippen molar-refractivity contribution in [3.8, 4) is 0 Å². The highest BCUT2D eigenvalue weighted by atomic mass is 15.2. The summed E-state index contributed by atoms with van der Waals surface area (Å²) in [7, 11) is 0. The standard InChI is InChI=1S/C16H23N5/c17-16(20-14-7-3-1-2-4-8-14)18-11-13-12-19-21-10-6-5-9-15(13)21/h5-6,9-10,12,14H,1-4,7-8,11H2,(H3,17,18,20). The summed E-state index contributed by atoms with van der Waals surface area (Å²) >= 11 is 0. The molecule has 5 nitrogen and oxygen atoms in total. The maximum absolute atomic E-state index is 6.03. The summed E-state index contributed by atoms with van der Waals surface area (Å²) in [6, 6.07) is 6.51. The maximum atomic E-state index is 6.03. The predicted molar refractivity (Wildman–Crippen MR) is 85.1 cm³/mol. The summed E-state index contributed by atoms with van der Waals surface area (Å²) < 4.78 is 1.86. The molecule has 2 aromatic rings. The highest BCUT2D eigenvalue weighted by Crippen LogP contribution is 2.17. The quantitative estimate of drug-likeness (QED) is 0.517. The van der Waals surface area contributed by atoms with Gasteiger partial charge >= 0.3 is 0 Å². The van der Waals surface area contributed by atoms with Gasteiger partial charge in [-0.15, -0.1) is 0 Å². The Bertz CT molecular complexity index is 608. The van der Waals surface area contributed by atoms with E-state index in [0.29, 0.717) is 18.5 Å². The van der Waals surface area contributed by atoms with Crippen LogP contribution in [-0.2, 0) is 6.54 Å². The first-order valence-electron chi connectivity index (χ1n) is 7.80. The topological polar surface area (TPSA) is 67.7 Å². The third-order valence-electron chi connectivity index (χ3n) is 4.13. The van der Waals surface area contributed by atoms with Crippen LogP contribution in [0.1, 0.15) is 44.1 Å². The zero-order valence-corrected chi connectivity index (χ0v) is 12.3. The summed E-state index contributed by atoms with van der Waals surface area (Å²) in [6.07, 6.45) is 11.5. The Kier molecular flexibility index (Phi) is 4.38. The van der Waals surface area contributed by atoms with E-state index in [0.717, 1.165) is 11.1 Å². The van der Waals surface area contributed by atoms with Gasteiger partial charge in [0, 0.05) is 17.8 Å². The number of rotatable bonds is 3. The van der Waals surface area contributed by atoms with Crippen molar-refractivity contribution >= 4 is 11.5 Å². The number of nitrogens with two attached hydrogens (primary N) is 1. The van der Waals surface area contributed by atoms with E-state index in [4.69, 9.17) is 5.73 Å². The lowest BCUT2D eigenvalue weighted by Crippen LogP contribution is -2.39. The van der Waals surface area contributed by atoms with Gasteiger partial charge < -0.3 is 11.1 Å². The summed E-state index contributed by atoms with van der Waals surface area (Å²) in [5.41, 5.74) is 8.21. The molecule has 0 unspecified atom stereocenters. The van der Waals surface area contributed by atoms with Crippen LogP contribution in [0.15, 0.2) is 35.6 Å². The molecule has 1 saturated carbocycles. The Morgan fingerprint density at radius 2 is 2.10 bits per heavy atom. The lowest BCUT2D eigenvalue weighted by Gasteiger charge is -2.16. The minimum atomic E-state index is 0.486. The molecule has 1 aliphatic carbocycles. The Morgan fingerprint density at radius 3 is 2.90 bits per heavy atom. The van der Waals surface area contributed by atoms with Crippen molar-refractivity contribution in [2.24, 2.45) is 10.7 Å². The number of pyridine rings is 1. The first kappa shape index (κ1) is 13.9. The van der Waals surface area contributed by atoms with Crippen LogP contribution in [0.25, 0.3) is 5.52 Å².